The van der Waals surface area contributed by atoms with E-state index < -0.39 is 0 Å². The first-order chi connectivity index (χ1) is 13.6. The van der Waals surface area contributed by atoms with Crippen LogP contribution in [-0.2, 0) is 4.79 Å². The number of anilines is 1. The molecule has 0 aliphatic heterocycles. The monoisotopic (exact) mass is 424 g/mol. The summed E-state index contributed by atoms with van der Waals surface area (Å²) in [5.41, 5.74) is 3.26. The maximum atomic E-state index is 12.5. The van der Waals surface area contributed by atoms with Crippen LogP contribution >= 0.6 is 34.4 Å². The maximum Gasteiger partial charge on any atom is 0.225 e. The van der Waals surface area contributed by atoms with Crippen molar-refractivity contribution >= 4 is 55.6 Å². The third-order valence-corrected chi connectivity index (χ3v) is 7.68. The van der Waals surface area contributed by atoms with Crippen LogP contribution in [0, 0.1) is 13.8 Å². The molecule has 0 radical (unpaired) electrons. The van der Waals surface area contributed by atoms with Crippen molar-refractivity contribution in [3.8, 4) is 10.6 Å². The van der Waals surface area contributed by atoms with Crippen molar-refractivity contribution in [1.82, 2.24) is 4.98 Å². The largest absolute Gasteiger partial charge is 0.317 e. The van der Waals surface area contributed by atoms with Gasteiger partial charge in [0, 0.05) is 27.5 Å². The molecule has 0 spiro atoms. The summed E-state index contributed by atoms with van der Waals surface area (Å²) in [4.78, 5) is 19.7. The molecule has 0 unspecified atom stereocenters. The molecule has 4 aromatic rings. The van der Waals surface area contributed by atoms with Gasteiger partial charge in [-0.25, -0.2) is 4.98 Å². The SMILES string of the molecule is Cc1sc(NC(=O)CCSc2ccccc2)c(-c2nc3ccccc3s2)c1C. The van der Waals surface area contributed by atoms with Gasteiger partial charge in [-0.2, -0.15) is 0 Å². The Morgan fingerprint density at radius 1 is 1.04 bits per heavy atom. The number of thiophene rings is 1. The Balaban J connectivity index is 1.50. The summed E-state index contributed by atoms with van der Waals surface area (Å²) >= 11 is 5.01. The highest BCUT2D eigenvalue weighted by atomic mass is 32.2. The fourth-order valence-electron chi connectivity index (χ4n) is 2.92. The number of nitrogens with zero attached hydrogens (tertiary/aromatic N) is 1. The smallest absolute Gasteiger partial charge is 0.225 e. The van der Waals surface area contributed by atoms with Gasteiger partial charge in [0.05, 0.1) is 10.2 Å². The van der Waals surface area contributed by atoms with Crippen LogP contribution in [0.25, 0.3) is 20.8 Å². The van der Waals surface area contributed by atoms with Gasteiger partial charge in [0.25, 0.3) is 0 Å². The number of benzene rings is 2. The van der Waals surface area contributed by atoms with Crippen molar-refractivity contribution < 1.29 is 4.79 Å². The first kappa shape index (κ1) is 19.2. The predicted molar refractivity (Wildman–Crippen MR) is 123 cm³/mol. The quantitative estimate of drug-likeness (QED) is 0.348. The molecule has 0 bridgehead atoms. The Labute approximate surface area is 176 Å². The average molecular weight is 425 g/mol. The van der Waals surface area contributed by atoms with Crippen molar-refractivity contribution in [1.29, 1.82) is 0 Å². The number of rotatable bonds is 6. The van der Waals surface area contributed by atoms with E-state index in [0.717, 1.165) is 31.5 Å². The molecule has 1 amide bonds. The lowest BCUT2D eigenvalue weighted by atomic mass is 10.1. The average Bonchev–Trinajstić information content (AvgIpc) is 3.23. The van der Waals surface area contributed by atoms with E-state index in [9.17, 15) is 4.79 Å². The normalized spacial score (nSPS) is 11.1. The number of carbonyl (C=O) groups excluding carboxylic acids is 1. The molecule has 4 rings (SSSR count). The van der Waals surface area contributed by atoms with Gasteiger partial charge in [0.1, 0.15) is 10.0 Å². The molecule has 142 valence electrons. The van der Waals surface area contributed by atoms with Crippen molar-refractivity contribution in [2.75, 3.05) is 11.1 Å². The molecule has 0 saturated carbocycles. The molecule has 3 nitrogen and oxygen atoms in total. The Bertz CT molecular complexity index is 1080. The van der Waals surface area contributed by atoms with Gasteiger partial charge < -0.3 is 5.32 Å². The second-order valence-corrected chi connectivity index (χ2v) is 9.86. The summed E-state index contributed by atoms with van der Waals surface area (Å²) in [6, 6.07) is 18.3. The number of amides is 1. The van der Waals surface area contributed by atoms with E-state index in [1.165, 1.54) is 15.3 Å². The maximum absolute atomic E-state index is 12.5. The highest BCUT2D eigenvalue weighted by molar-refractivity contribution is 7.99. The summed E-state index contributed by atoms with van der Waals surface area (Å²) in [7, 11) is 0. The van der Waals surface area contributed by atoms with Crippen LogP contribution in [-0.4, -0.2) is 16.6 Å². The van der Waals surface area contributed by atoms with E-state index in [1.54, 1.807) is 34.4 Å². The van der Waals surface area contributed by atoms with Gasteiger partial charge >= 0.3 is 0 Å². The molecule has 6 heteroatoms. The predicted octanol–water partition coefficient (Wildman–Crippen LogP) is 6.76. The molecule has 2 heterocycles. The lowest BCUT2D eigenvalue weighted by Gasteiger charge is -2.06. The van der Waals surface area contributed by atoms with E-state index in [4.69, 9.17) is 4.98 Å². The van der Waals surface area contributed by atoms with Crippen LogP contribution in [0.1, 0.15) is 16.9 Å². The van der Waals surface area contributed by atoms with Crippen molar-refractivity contribution in [2.45, 2.75) is 25.2 Å². The highest BCUT2D eigenvalue weighted by Gasteiger charge is 2.19. The first-order valence-corrected chi connectivity index (χ1v) is 11.7. The molecule has 2 aromatic heterocycles. The Kier molecular flexibility index (Phi) is 5.80. The molecule has 28 heavy (non-hydrogen) atoms. The number of hydrogen-bond donors (Lipinski definition) is 1. The lowest BCUT2D eigenvalue weighted by Crippen LogP contribution is -2.11. The van der Waals surface area contributed by atoms with E-state index in [1.807, 2.05) is 36.4 Å². The second kappa shape index (κ2) is 8.47. The number of hydrogen-bond acceptors (Lipinski definition) is 5. The molecule has 0 aliphatic rings. The minimum atomic E-state index is 0.0482. The molecule has 0 saturated heterocycles. The van der Waals surface area contributed by atoms with Crippen LogP contribution in [0.5, 0.6) is 0 Å². The minimum absolute atomic E-state index is 0.0482. The molecular weight excluding hydrogens is 404 g/mol. The van der Waals surface area contributed by atoms with Gasteiger partial charge in [-0.15, -0.1) is 34.4 Å². The summed E-state index contributed by atoms with van der Waals surface area (Å²) in [5, 5.41) is 5.01. The number of para-hydroxylation sites is 1. The van der Waals surface area contributed by atoms with Crippen molar-refractivity contribution in [3.05, 3.63) is 65.0 Å². The number of thioether (sulfide) groups is 1. The zero-order valence-electron chi connectivity index (χ0n) is 15.7. The van der Waals surface area contributed by atoms with Gasteiger partial charge in [-0.3, -0.25) is 4.79 Å². The number of fused-ring (bicyclic) bond motifs is 1. The number of aromatic nitrogens is 1. The van der Waals surface area contributed by atoms with E-state index >= 15 is 0 Å². The van der Waals surface area contributed by atoms with E-state index in [2.05, 4.69) is 37.4 Å². The first-order valence-electron chi connectivity index (χ1n) is 9.05. The number of thiazole rings is 1. The van der Waals surface area contributed by atoms with Crippen LogP contribution in [0.2, 0.25) is 0 Å². The fraction of sp³-hybridized carbons (Fsp3) is 0.182. The Morgan fingerprint density at radius 3 is 2.57 bits per heavy atom. The molecular formula is C22H20N2OS3. The van der Waals surface area contributed by atoms with Crippen molar-refractivity contribution in [3.63, 3.8) is 0 Å². The minimum Gasteiger partial charge on any atom is -0.317 e. The van der Waals surface area contributed by atoms with Crippen molar-refractivity contribution in [2.24, 2.45) is 0 Å². The number of aryl methyl sites for hydroxylation is 1. The third kappa shape index (κ3) is 4.14. The third-order valence-electron chi connectivity index (χ3n) is 4.49. The van der Waals surface area contributed by atoms with Gasteiger partial charge in [0.15, 0.2) is 0 Å². The topological polar surface area (TPSA) is 42.0 Å². The van der Waals surface area contributed by atoms with Crippen LogP contribution in [0.4, 0.5) is 5.00 Å². The van der Waals surface area contributed by atoms with E-state index in [0.29, 0.717) is 6.42 Å². The van der Waals surface area contributed by atoms with Gasteiger partial charge in [-0.05, 0) is 43.7 Å². The van der Waals surface area contributed by atoms with Gasteiger partial charge in [0.2, 0.25) is 5.91 Å². The fourth-order valence-corrected chi connectivity index (χ4v) is 6.01. The second-order valence-electron chi connectivity index (χ2n) is 6.43. The summed E-state index contributed by atoms with van der Waals surface area (Å²) in [6.07, 6.45) is 0.481. The van der Waals surface area contributed by atoms with Crippen LogP contribution in [0.15, 0.2) is 59.5 Å². The zero-order chi connectivity index (χ0) is 19.5. The highest BCUT2D eigenvalue weighted by Crippen LogP contribution is 2.43. The number of carbonyl (C=O) groups is 1. The standard InChI is InChI=1S/C22H20N2OS3/c1-14-15(2)27-22(20(14)21-23-17-10-6-7-11-18(17)28-21)24-19(25)12-13-26-16-8-4-3-5-9-16/h3-11H,12-13H2,1-2H3,(H,24,25). The Hall–Kier alpha value is -2.15. The summed E-state index contributed by atoms with van der Waals surface area (Å²) in [6.45, 7) is 4.20. The lowest BCUT2D eigenvalue weighted by molar-refractivity contribution is -0.115. The van der Waals surface area contributed by atoms with Crippen LogP contribution in [0.3, 0.4) is 0 Å². The summed E-state index contributed by atoms with van der Waals surface area (Å²) < 4.78 is 1.16. The number of nitrogens with one attached hydrogen (secondary N) is 1. The molecule has 2 aromatic carbocycles. The van der Waals surface area contributed by atoms with E-state index in [-0.39, 0.29) is 5.91 Å². The molecule has 0 atom stereocenters. The molecule has 1 N–H and O–H groups in total. The van der Waals surface area contributed by atoms with Crippen LogP contribution < -0.4 is 5.32 Å². The molecule has 0 fully saturated rings. The summed E-state index contributed by atoms with van der Waals surface area (Å²) in [5.74, 6) is 0.808. The zero-order valence-corrected chi connectivity index (χ0v) is 18.1. The van der Waals surface area contributed by atoms with Gasteiger partial charge in [-0.1, -0.05) is 30.3 Å². The molecule has 0 aliphatic carbocycles. The Morgan fingerprint density at radius 2 is 1.79 bits per heavy atom.